The maximum Gasteiger partial charge on any atom is 0.401 e. The van der Waals surface area contributed by atoms with Crippen molar-refractivity contribution in [3.63, 3.8) is 0 Å². The van der Waals surface area contributed by atoms with Crippen LogP contribution in [0.4, 0.5) is 13.2 Å². The topological polar surface area (TPSA) is 56.5 Å². The molecule has 21 heavy (non-hydrogen) atoms. The van der Waals surface area contributed by atoms with E-state index < -0.39 is 12.7 Å². The Morgan fingerprint density at radius 2 is 1.86 bits per heavy atom. The van der Waals surface area contributed by atoms with Crippen LogP contribution in [0.3, 0.4) is 0 Å². The molecule has 0 bridgehead atoms. The summed E-state index contributed by atoms with van der Waals surface area (Å²) in [6, 6.07) is 8.32. The molecule has 0 aliphatic heterocycles. The summed E-state index contributed by atoms with van der Waals surface area (Å²) >= 11 is 0. The van der Waals surface area contributed by atoms with Crippen molar-refractivity contribution in [2.75, 3.05) is 32.8 Å². The zero-order chi connectivity index (χ0) is 15.7. The van der Waals surface area contributed by atoms with Crippen molar-refractivity contribution in [3.8, 4) is 11.8 Å². The number of aliphatic hydroxyl groups excluding tert-OH is 1. The maximum atomic E-state index is 12.4. The molecule has 7 heteroatoms. The van der Waals surface area contributed by atoms with E-state index in [1.807, 2.05) is 6.07 Å². The lowest BCUT2D eigenvalue weighted by atomic mass is 10.2. The van der Waals surface area contributed by atoms with Crippen molar-refractivity contribution in [3.05, 3.63) is 29.8 Å². The number of nitriles is 1. The Hall–Kier alpha value is -1.78. The van der Waals surface area contributed by atoms with Crippen LogP contribution in [0.15, 0.2) is 24.3 Å². The number of ether oxygens (including phenoxy) is 1. The van der Waals surface area contributed by atoms with Gasteiger partial charge in [0.2, 0.25) is 0 Å². The van der Waals surface area contributed by atoms with Crippen molar-refractivity contribution in [2.24, 2.45) is 0 Å². The third-order valence-electron chi connectivity index (χ3n) is 2.70. The van der Waals surface area contributed by atoms with Crippen LogP contribution in [-0.4, -0.2) is 49.0 Å². The molecule has 0 spiro atoms. The number of halogens is 3. The van der Waals surface area contributed by atoms with E-state index >= 15 is 0 Å². The highest BCUT2D eigenvalue weighted by Crippen LogP contribution is 2.17. The van der Waals surface area contributed by atoms with Gasteiger partial charge in [-0.05, 0) is 30.7 Å². The Kier molecular flexibility index (Phi) is 6.99. The van der Waals surface area contributed by atoms with Gasteiger partial charge in [0.15, 0.2) is 0 Å². The maximum absolute atomic E-state index is 12.4. The summed E-state index contributed by atoms with van der Waals surface area (Å²) in [6.07, 6.45) is -3.99. The smallest absolute Gasteiger partial charge is 0.401 e. The molecule has 0 saturated heterocycles. The van der Waals surface area contributed by atoms with E-state index in [2.05, 4.69) is 0 Å². The van der Waals surface area contributed by atoms with Gasteiger partial charge in [-0.15, -0.1) is 0 Å². The van der Waals surface area contributed by atoms with Crippen molar-refractivity contribution in [2.45, 2.75) is 12.6 Å². The molecule has 1 N–H and O–H groups in total. The van der Waals surface area contributed by atoms with Gasteiger partial charge in [0.1, 0.15) is 12.4 Å². The van der Waals surface area contributed by atoms with Crippen LogP contribution in [0.1, 0.15) is 12.0 Å². The lowest BCUT2D eigenvalue weighted by Gasteiger charge is -2.23. The normalized spacial score (nSPS) is 11.4. The second kappa shape index (κ2) is 8.49. The average Bonchev–Trinajstić information content (AvgIpc) is 2.44. The highest BCUT2D eigenvalue weighted by atomic mass is 19.4. The Bertz CT molecular complexity index is 455. The first-order chi connectivity index (χ1) is 9.94. The quantitative estimate of drug-likeness (QED) is 0.800. The molecular formula is C14H17F3N2O2. The fourth-order valence-electron chi connectivity index (χ4n) is 1.74. The lowest BCUT2D eigenvalue weighted by Crippen LogP contribution is -2.37. The monoisotopic (exact) mass is 302 g/mol. The van der Waals surface area contributed by atoms with Crippen molar-refractivity contribution >= 4 is 0 Å². The Morgan fingerprint density at radius 3 is 2.38 bits per heavy atom. The van der Waals surface area contributed by atoms with Gasteiger partial charge in [-0.2, -0.15) is 18.4 Å². The van der Waals surface area contributed by atoms with Crippen molar-refractivity contribution in [1.82, 2.24) is 4.90 Å². The molecule has 4 nitrogen and oxygen atoms in total. The first kappa shape index (κ1) is 17.3. The molecule has 0 unspecified atom stereocenters. The van der Waals surface area contributed by atoms with Crippen molar-refractivity contribution in [1.29, 1.82) is 5.26 Å². The second-order valence-electron chi connectivity index (χ2n) is 4.45. The number of benzene rings is 1. The predicted octanol–water partition coefficient (Wildman–Crippen LogP) is 2.18. The average molecular weight is 302 g/mol. The van der Waals surface area contributed by atoms with E-state index in [4.69, 9.17) is 15.1 Å². The zero-order valence-electron chi connectivity index (χ0n) is 11.4. The van der Waals surface area contributed by atoms with E-state index in [1.165, 1.54) is 4.90 Å². The molecule has 116 valence electrons. The van der Waals surface area contributed by atoms with Gasteiger partial charge in [0.05, 0.1) is 18.2 Å². The van der Waals surface area contributed by atoms with Crippen LogP contribution in [-0.2, 0) is 0 Å². The third kappa shape index (κ3) is 7.54. The molecular weight excluding hydrogens is 285 g/mol. The minimum absolute atomic E-state index is 0.105. The summed E-state index contributed by atoms with van der Waals surface area (Å²) in [5.41, 5.74) is 0.490. The number of nitrogens with zero attached hydrogens (tertiary/aromatic N) is 2. The van der Waals surface area contributed by atoms with Gasteiger partial charge >= 0.3 is 6.18 Å². The highest BCUT2D eigenvalue weighted by Gasteiger charge is 2.30. The van der Waals surface area contributed by atoms with Gasteiger partial charge in [-0.3, -0.25) is 4.90 Å². The Balaban J connectivity index is 2.42. The molecule has 0 amide bonds. The van der Waals surface area contributed by atoms with Gasteiger partial charge in [-0.25, -0.2) is 0 Å². The first-order valence-corrected chi connectivity index (χ1v) is 6.47. The minimum Gasteiger partial charge on any atom is -0.492 e. The van der Waals surface area contributed by atoms with Gasteiger partial charge in [0.25, 0.3) is 0 Å². The summed E-state index contributed by atoms with van der Waals surface area (Å²) in [7, 11) is 0. The first-order valence-electron chi connectivity index (χ1n) is 6.47. The van der Waals surface area contributed by atoms with E-state index in [0.29, 0.717) is 11.3 Å². The van der Waals surface area contributed by atoms with Crippen LogP contribution in [0, 0.1) is 11.3 Å². The summed E-state index contributed by atoms with van der Waals surface area (Å²) in [5, 5.41) is 17.3. The number of rotatable bonds is 8. The SMILES string of the molecule is N#Cc1ccc(OCCN(CCCO)CC(F)(F)F)cc1. The predicted molar refractivity (Wildman–Crippen MR) is 70.8 cm³/mol. The molecule has 0 fully saturated rings. The largest absolute Gasteiger partial charge is 0.492 e. The molecule has 0 aliphatic carbocycles. The number of aliphatic hydroxyl groups is 1. The fourth-order valence-corrected chi connectivity index (χ4v) is 1.74. The lowest BCUT2D eigenvalue weighted by molar-refractivity contribution is -0.146. The molecule has 0 radical (unpaired) electrons. The van der Waals surface area contributed by atoms with Gasteiger partial charge in [0, 0.05) is 19.7 Å². The molecule has 1 aromatic rings. The molecule has 0 heterocycles. The molecule has 1 aromatic carbocycles. The standard InChI is InChI=1S/C14H17F3N2O2/c15-14(16,17)11-19(6-1-8-20)7-9-21-13-4-2-12(10-18)3-5-13/h2-5,20H,1,6-9,11H2. The number of alkyl halides is 3. The Labute approximate surface area is 121 Å². The second-order valence-corrected chi connectivity index (χ2v) is 4.45. The number of hydrogen-bond acceptors (Lipinski definition) is 4. The third-order valence-corrected chi connectivity index (χ3v) is 2.70. The van der Waals surface area contributed by atoms with E-state index in [0.717, 1.165) is 0 Å². The van der Waals surface area contributed by atoms with Crippen LogP contribution >= 0.6 is 0 Å². The van der Waals surface area contributed by atoms with Crippen LogP contribution in [0.25, 0.3) is 0 Å². The van der Waals surface area contributed by atoms with E-state index in [1.54, 1.807) is 24.3 Å². The highest BCUT2D eigenvalue weighted by molar-refractivity contribution is 5.34. The molecule has 1 rings (SSSR count). The summed E-state index contributed by atoms with van der Waals surface area (Å²) < 4.78 is 42.5. The Morgan fingerprint density at radius 1 is 1.19 bits per heavy atom. The zero-order valence-corrected chi connectivity index (χ0v) is 11.4. The van der Waals surface area contributed by atoms with Crippen LogP contribution in [0.2, 0.25) is 0 Å². The van der Waals surface area contributed by atoms with Crippen LogP contribution < -0.4 is 4.74 Å². The summed E-state index contributed by atoms with van der Waals surface area (Å²) in [4.78, 5) is 1.19. The van der Waals surface area contributed by atoms with Gasteiger partial charge in [-0.1, -0.05) is 0 Å². The van der Waals surface area contributed by atoms with Crippen LogP contribution in [0.5, 0.6) is 5.75 Å². The van der Waals surface area contributed by atoms with E-state index in [-0.39, 0.29) is 32.7 Å². The van der Waals surface area contributed by atoms with Crippen molar-refractivity contribution < 1.29 is 23.0 Å². The molecule has 0 aromatic heterocycles. The van der Waals surface area contributed by atoms with E-state index in [9.17, 15) is 13.2 Å². The minimum atomic E-state index is -4.27. The molecule has 0 atom stereocenters. The van der Waals surface area contributed by atoms with Gasteiger partial charge < -0.3 is 9.84 Å². The fraction of sp³-hybridized carbons (Fsp3) is 0.500. The summed E-state index contributed by atoms with van der Waals surface area (Å²) in [6.45, 7) is -0.797. The molecule has 0 saturated carbocycles. The molecule has 0 aliphatic rings. The summed E-state index contributed by atoms with van der Waals surface area (Å²) in [5.74, 6) is 0.503. The number of hydrogen-bond donors (Lipinski definition) is 1.